The fraction of sp³-hybridized carbons (Fsp3) is 0.562. The molecule has 0 atom stereocenters. The predicted molar refractivity (Wildman–Crippen MR) is 83.3 cm³/mol. The van der Waals surface area contributed by atoms with Crippen molar-refractivity contribution in [2.45, 2.75) is 13.1 Å². The Morgan fingerprint density at radius 3 is 2.76 bits per heavy atom. The number of likely N-dealkylation sites (N-methyl/N-ethyl adjacent to an activating group) is 1. The first-order valence-electron chi connectivity index (χ1n) is 7.74. The molecule has 2 N–H and O–H groups in total. The van der Waals surface area contributed by atoms with Gasteiger partial charge in [0.1, 0.15) is 0 Å². The zero-order valence-electron chi connectivity index (χ0n) is 12.7. The second kappa shape index (κ2) is 6.56. The number of benzene rings is 1. The first-order valence-corrected chi connectivity index (χ1v) is 7.74. The number of amides is 1. The molecule has 0 aromatic heterocycles. The van der Waals surface area contributed by atoms with Crippen LogP contribution in [0.5, 0.6) is 0 Å². The normalized spacial score (nSPS) is 19.5. The van der Waals surface area contributed by atoms with Crippen LogP contribution in [0.1, 0.15) is 21.5 Å². The third-order valence-corrected chi connectivity index (χ3v) is 4.41. The highest BCUT2D eigenvalue weighted by molar-refractivity contribution is 5.94. The molecule has 0 spiro atoms. The molecule has 3 rings (SSSR count). The van der Waals surface area contributed by atoms with Crippen molar-refractivity contribution in [1.29, 1.82) is 0 Å². The van der Waals surface area contributed by atoms with Gasteiger partial charge in [-0.1, -0.05) is 6.07 Å². The minimum atomic E-state index is 0.0406. The number of nitrogens with zero attached hydrogens (tertiary/aromatic N) is 2. The van der Waals surface area contributed by atoms with E-state index in [-0.39, 0.29) is 5.91 Å². The lowest BCUT2D eigenvalue weighted by atomic mass is 10.1. The maximum absolute atomic E-state index is 12.2. The second-order valence-corrected chi connectivity index (χ2v) is 5.99. The first kappa shape index (κ1) is 14.5. The zero-order chi connectivity index (χ0) is 14.7. The largest absolute Gasteiger partial charge is 0.351 e. The van der Waals surface area contributed by atoms with E-state index >= 15 is 0 Å². The van der Waals surface area contributed by atoms with Gasteiger partial charge in [-0.25, -0.2) is 0 Å². The number of carbonyl (C=O) groups excluding carboxylic acids is 1. The first-order chi connectivity index (χ1) is 10.2. The van der Waals surface area contributed by atoms with Crippen LogP contribution in [0.25, 0.3) is 0 Å². The van der Waals surface area contributed by atoms with Gasteiger partial charge in [-0.3, -0.25) is 9.69 Å². The number of piperazine rings is 1. The van der Waals surface area contributed by atoms with Crippen LogP contribution in [0, 0.1) is 0 Å². The van der Waals surface area contributed by atoms with Crippen molar-refractivity contribution in [1.82, 2.24) is 20.4 Å². The van der Waals surface area contributed by atoms with E-state index in [0.717, 1.165) is 57.9 Å². The average Bonchev–Trinajstić information content (AvgIpc) is 2.96. The molecule has 2 aliphatic rings. The van der Waals surface area contributed by atoms with Gasteiger partial charge in [0.15, 0.2) is 0 Å². The van der Waals surface area contributed by atoms with Crippen LogP contribution in [0.3, 0.4) is 0 Å². The molecule has 5 heteroatoms. The molecular weight excluding hydrogens is 264 g/mol. The van der Waals surface area contributed by atoms with Crippen molar-refractivity contribution in [3.05, 3.63) is 34.9 Å². The molecule has 2 aliphatic heterocycles. The van der Waals surface area contributed by atoms with E-state index in [4.69, 9.17) is 0 Å². The molecule has 0 bridgehead atoms. The van der Waals surface area contributed by atoms with Gasteiger partial charge in [-0.2, -0.15) is 0 Å². The molecular formula is C16H24N4O. The summed E-state index contributed by atoms with van der Waals surface area (Å²) in [7, 11) is 2.15. The Labute approximate surface area is 126 Å². The summed E-state index contributed by atoms with van der Waals surface area (Å²) in [4.78, 5) is 16.9. The van der Waals surface area contributed by atoms with E-state index in [9.17, 15) is 4.79 Å². The summed E-state index contributed by atoms with van der Waals surface area (Å²) in [5, 5.41) is 6.34. The predicted octanol–water partition coefficient (Wildman–Crippen LogP) is 0.267. The standard InChI is InChI=1S/C16H24N4O/c1-19-6-8-20(9-7-19)5-4-18-16(21)13-2-3-14-11-17-12-15(14)10-13/h2-3,10,17H,4-9,11-12H2,1H3,(H,18,21). The number of nitrogens with one attached hydrogen (secondary N) is 2. The highest BCUT2D eigenvalue weighted by Crippen LogP contribution is 2.16. The van der Waals surface area contributed by atoms with E-state index in [1.54, 1.807) is 0 Å². The molecule has 21 heavy (non-hydrogen) atoms. The summed E-state index contributed by atoms with van der Waals surface area (Å²) in [6.45, 7) is 7.87. The highest BCUT2D eigenvalue weighted by atomic mass is 16.1. The maximum Gasteiger partial charge on any atom is 0.251 e. The summed E-state index contributed by atoms with van der Waals surface area (Å²) in [5.74, 6) is 0.0406. The third-order valence-electron chi connectivity index (χ3n) is 4.41. The maximum atomic E-state index is 12.2. The minimum absolute atomic E-state index is 0.0406. The smallest absolute Gasteiger partial charge is 0.251 e. The van der Waals surface area contributed by atoms with E-state index in [0.29, 0.717) is 0 Å². The molecule has 0 radical (unpaired) electrons. The lowest BCUT2D eigenvalue weighted by Gasteiger charge is -2.32. The fourth-order valence-corrected chi connectivity index (χ4v) is 2.94. The van der Waals surface area contributed by atoms with Gasteiger partial charge in [0, 0.05) is 57.9 Å². The third kappa shape index (κ3) is 3.61. The van der Waals surface area contributed by atoms with Crippen molar-refractivity contribution in [3.63, 3.8) is 0 Å². The molecule has 114 valence electrons. The quantitative estimate of drug-likeness (QED) is 0.835. The molecule has 1 saturated heterocycles. The minimum Gasteiger partial charge on any atom is -0.351 e. The van der Waals surface area contributed by atoms with Crippen molar-refractivity contribution in [2.24, 2.45) is 0 Å². The lowest BCUT2D eigenvalue weighted by Crippen LogP contribution is -2.46. The van der Waals surface area contributed by atoms with Gasteiger partial charge in [-0.05, 0) is 30.3 Å². The van der Waals surface area contributed by atoms with E-state index in [2.05, 4.69) is 33.5 Å². The van der Waals surface area contributed by atoms with Crippen molar-refractivity contribution >= 4 is 5.91 Å². The van der Waals surface area contributed by atoms with Gasteiger partial charge < -0.3 is 15.5 Å². The number of hydrogen-bond donors (Lipinski definition) is 2. The van der Waals surface area contributed by atoms with Crippen molar-refractivity contribution < 1.29 is 4.79 Å². The van der Waals surface area contributed by atoms with Crippen LogP contribution in [-0.2, 0) is 13.1 Å². The number of carbonyl (C=O) groups is 1. The van der Waals surface area contributed by atoms with Gasteiger partial charge in [-0.15, -0.1) is 0 Å². The Morgan fingerprint density at radius 2 is 1.95 bits per heavy atom. The monoisotopic (exact) mass is 288 g/mol. The molecule has 0 saturated carbocycles. The summed E-state index contributed by atoms with van der Waals surface area (Å²) in [5.41, 5.74) is 3.33. The van der Waals surface area contributed by atoms with Crippen LogP contribution in [0.4, 0.5) is 0 Å². The molecule has 1 aromatic rings. The molecule has 0 unspecified atom stereocenters. The molecule has 5 nitrogen and oxygen atoms in total. The number of rotatable bonds is 4. The van der Waals surface area contributed by atoms with Gasteiger partial charge >= 0.3 is 0 Å². The van der Waals surface area contributed by atoms with Crippen LogP contribution >= 0.6 is 0 Å². The Hall–Kier alpha value is -1.43. The average molecular weight is 288 g/mol. The number of hydrogen-bond acceptors (Lipinski definition) is 4. The Balaban J connectivity index is 1.46. The van der Waals surface area contributed by atoms with E-state index < -0.39 is 0 Å². The van der Waals surface area contributed by atoms with Crippen molar-refractivity contribution in [3.8, 4) is 0 Å². The summed E-state index contributed by atoms with van der Waals surface area (Å²) in [6, 6.07) is 6.00. The Morgan fingerprint density at radius 1 is 1.19 bits per heavy atom. The molecule has 0 aliphatic carbocycles. The zero-order valence-corrected chi connectivity index (χ0v) is 12.7. The highest BCUT2D eigenvalue weighted by Gasteiger charge is 2.15. The summed E-state index contributed by atoms with van der Waals surface area (Å²) >= 11 is 0. The van der Waals surface area contributed by atoms with Gasteiger partial charge in [0.2, 0.25) is 0 Å². The van der Waals surface area contributed by atoms with Crippen LogP contribution in [0.15, 0.2) is 18.2 Å². The molecule has 1 amide bonds. The van der Waals surface area contributed by atoms with Crippen LogP contribution < -0.4 is 10.6 Å². The Bertz CT molecular complexity index is 509. The molecule has 1 aromatic carbocycles. The van der Waals surface area contributed by atoms with Crippen LogP contribution in [-0.4, -0.2) is 62.0 Å². The van der Waals surface area contributed by atoms with E-state index in [1.807, 2.05) is 12.1 Å². The molecule has 1 fully saturated rings. The SMILES string of the molecule is CN1CCN(CCNC(=O)c2ccc3c(c2)CNC3)CC1. The Kier molecular flexibility index (Phi) is 4.53. The summed E-state index contributed by atoms with van der Waals surface area (Å²) < 4.78 is 0. The summed E-state index contributed by atoms with van der Waals surface area (Å²) in [6.07, 6.45) is 0. The van der Waals surface area contributed by atoms with Gasteiger partial charge in [0.25, 0.3) is 5.91 Å². The fourth-order valence-electron chi connectivity index (χ4n) is 2.94. The van der Waals surface area contributed by atoms with E-state index in [1.165, 1.54) is 11.1 Å². The van der Waals surface area contributed by atoms with Crippen LogP contribution in [0.2, 0.25) is 0 Å². The van der Waals surface area contributed by atoms with Gasteiger partial charge in [0.05, 0.1) is 0 Å². The second-order valence-electron chi connectivity index (χ2n) is 5.99. The topological polar surface area (TPSA) is 47.6 Å². The lowest BCUT2D eigenvalue weighted by molar-refractivity contribution is 0.0941. The number of fused-ring (bicyclic) bond motifs is 1. The molecule has 2 heterocycles. The van der Waals surface area contributed by atoms with Crippen molar-refractivity contribution in [2.75, 3.05) is 46.3 Å².